The molecule has 0 bridgehead atoms. The number of nitrogens with zero attached hydrogens (tertiary/aromatic N) is 2. The highest BCUT2D eigenvalue weighted by atomic mass is 32.2. The molecule has 0 saturated carbocycles. The van der Waals surface area contributed by atoms with Crippen LogP contribution in [0.25, 0.3) is 0 Å². The Kier molecular flexibility index (Phi) is 7.47. The summed E-state index contributed by atoms with van der Waals surface area (Å²) >= 11 is 0. The van der Waals surface area contributed by atoms with Crippen molar-refractivity contribution in [1.29, 1.82) is 0 Å². The molecule has 10 heteroatoms. The van der Waals surface area contributed by atoms with E-state index >= 15 is 0 Å². The second-order valence-electron chi connectivity index (χ2n) is 9.15. The van der Waals surface area contributed by atoms with Gasteiger partial charge in [0.05, 0.1) is 18.0 Å². The van der Waals surface area contributed by atoms with Crippen molar-refractivity contribution in [2.24, 2.45) is 0 Å². The molecule has 0 spiro atoms. The number of carbonyl (C=O) groups excluding carboxylic acids is 2. The third kappa shape index (κ3) is 5.76. The minimum absolute atomic E-state index is 0.0354. The van der Waals surface area contributed by atoms with E-state index in [0.29, 0.717) is 11.4 Å². The Morgan fingerprint density at radius 1 is 1.14 bits per heavy atom. The lowest BCUT2D eigenvalue weighted by molar-refractivity contribution is -0.158. The van der Waals surface area contributed by atoms with Crippen molar-refractivity contribution in [3.05, 3.63) is 53.1 Å². The van der Waals surface area contributed by atoms with Gasteiger partial charge in [0.1, 0.15) is 12.3 Å². The number of aliphatic hydroxyl groups is 1. The van der Waals surface area contributed by atoms with E-state index in [-0.39, 0.29) is 30.5 Å². The maximum absolute atomic E-state index is 12.7. The van der Waals surface area contributed by atoms with Crippen molar-refractivity contribution in [2.45, 2.75) is 58.0 Å². The van der Waals surface area contributed by atoms with E-state index in [1.54, 1.807) is 32.9 Å². The molecule has 0 radical (unpaired) electrons. The van der Waals surface area contributed by atoms with E-state index in [1.165, 1.54) is 21.9 Å². The first-order valence-corrected chi connectivity index (χ1v) is 13.1. The van der Waals surface area contributed by atoms with Gasteiger partial charge in [-0.05, 0) is 75.6 Å². The van der Waals surface area contributed by atoms with E-state index in [9.17, 15) is 23.1 Å². The fourth-order valence-electron chi connectivity index (χ4n) is 3.99. The smallest absolute Gasteiger partial charge is 0.349 e. The highest BCUT2D eigenvalue weighted by molar-refractivity contribution is 7.90. The summed E-state index contributed by atoms with van der Waals surface area (Å²) in [4.78, 5) is 28.0. The number of aliphatic hydroxyl groups excluding tert-OH is 1. The van der Waals surface area contributed by atoms with Gasteiger partial charge in [0.25, 0.3) is 0 Å². The van der Waals surface area contributed by atoms with Gasteiger partial charge in [-0.15, -0.1) is 0 Å². The minimum atomic E-state index is -3.34. The molecule has 1 aliphatic heterocycles. The van der Waals surface area contributed by atoms with Gasteiger partial charge in [0.2, 0.25) is 12.3 Å². The van der Waals surface area contributed by atoms with Crippen LogP contribution in [-0.4, -0.2) is 61.7 Å². The molecule has 1 saturated heterocycles. The maximum atomic E-state index is 12.7. The summed E-state index contributed by atoms with van der Waals surface area (Å²) in [6.07, 6.45) is -0.0818. The SMILES string of the molecule is CCOC(=O)C(C)(C)Oc1c(C)cc(CN2C(=O)CN(c3ccc(S(C)(=O)=O)cc3)C2O)cc1C. The number of esters is 1. The van der Waals surface area contributed by atoms with Crippen LogP contribution in [0.3, 0.4) is 0 Å². The van der Waals surface area contributed by atoms with Gasteiger partial charge in [-0.25, -0.2) is 13.2 Å². The van der Waals surface area contributed by atoms with Crippen molar-refractivity contribution in [3.63, 3.8) is 0 Å². The molecule has 1 atom stereocenters. The summed E-state index contributed by atoms with van der Waals surface area (Å²) < 4.78 is 34.5. The van der Waals surface area contributed by atoms with Crippen LogP contribution in [0.4, 0.5) is 5.69 Å². The number of rotatable bonds is 8. The van der Waals surface area contributed by atoms with Crippen LogP contribution in [0.2, 0.25) is 0 Å². The highest BCUT2D eigenvalue weighted by Gasteiger charge is 2.37. The standard InChI is InChI=1S/C25H32N2O7S/c1-7-33-23(29)25(4,5)34-22-16(2)12-18(13-17(22)3)14-27-21(28)15-26(24(27)30)19-8-10-20(11-9-19)35(6,31)32/h8-13,24,30H,7,14-15H2,1-6H3. The predicted molar refractivity (Wildman–Crippen MR) is 131 cm³/mol. The lowest BCUT2D eigenvalue weighted by atomic mass is 10.0. The zero-order valence-electron chi connectivity index (χ0n) is 20.9. The monoisotopic (exact) mass is 504 g/mol. The van der Waals surface area contributed by atoms with Crippen LogP contribution in [0.1, 0.15) is 37.5 Å². The molecule has 1 fully saturated rings. The Bertz CT molecular complexity index is 1200. The van der Waals surface area contributed by atoms with E-state index in [4.69, 9.17) is 9.47 Å². The third-order valence-electron chi connectivity index (χ3n) is 5.78. The average Bonchev–Trinajstić information content (AvgIpc) is 3.04. The molecule has 9 nitrogen and oxygen atoms in total. The van der Waals surface area contributed by atoms with E-state index in [0.717, 1.165) is 22.9 Å². The zero-order chi connectivity index (χ0) is 26.1. The summed E-state index contributed by atoms with van der Waals surface area (Å²) in [6.45, 7) is 9.12. The Labute approximate surface area is 206 Å². The first kappa shape index (κ1) is 26.5. The van der Waals surface area contributed by atoms with Crippen LogP contribution in [0.5, 0.6) is 5.75 Å². The first-order chi connectivity index (χ1) is 16.2. The lowest BCUT2D eigenvalue weighted by Gasteiger charge is -2.28. The molecule has 1 unspecified atom stereocenters. The van der Waals surface area contributed by atoms with Gasteiger partial charge in [-0.3, -0.25) is 9.69 Å². The molecule has 2 aromatic rings. The summed E-state index contributed by atoms with van der Waals surface area (Å²) in [5.74, 6) is -0.158. The number of hydrogen-bond donors (Lipinski definition) is 1. The summed E-state index contributed by atoms with van der Waals surface area (Å²) in [6, 6.07) is 9.76. The van der Waals surface area contributed by atoms with Crippen LogP contribution >= 0.6 is 0 Å². The van der Waals surface area contributed by atoms with Crippen LogP contribution in [-0.2, 0) is 30.7 Å². The third-order valence-corrected chi connectivity index (χ3v) is 6.91. The molecule has 35 heavy (non-hydrogen) atoms. The van der Waals surface area contributed by atoms with Gasteiger partial charge in [0, 0.05) is 11.9 Å². The first-order valence-electron chi connectivity index (χ1n) is 11.2. The molecule has 0 aliphatic carbocycles. The maximum Gasteiger partial charge on any atom is 0.349 e. The number of carbonyl (C=O) groups is 2. The second kappa shape index (κ2) is 9.87. The fourth-order valence-corrected chi connectivity index (χ4v) is 4.62. The quantitative estimate of drug-likeness (QED) is 0.546. The van der Waals surface area contributed by atoms with E-state index < -0.39 is 27.8 Å². The number of sulfone groups is 1. The van der Waals surface area contributed by atoms with E-state index in [2.05, 4.69) is 0 Å². The van der Waals surface area contributed by atoms with Crippen molar-refractivity contribution in [3.8, 4) is 5.75 Å². The number of aryl methyl sites for hydroxylation is 2. The van der Waals surface area contributed by atoms with Crippen molar-refractivity contribution in [1.82, 2.24) is 4.90 Å². The molecule has 1 aliphatic rings. The van der Waals surface area contributed by atoms with Gasteiger partial charge in [-0.2, -0.15) is 0 Å². The normalized spacial score (nSPS) is 16.5. The molecule has 0 aromatic heterocycles. The molecule has 1 N–H and O–H groups in total. The number of hydrogen-bond acceptors (Lipinski definition) is 8. The lowest BCUT2D eigenvalue weighted by Crippen LogP contribution is -2.40. The Balaban J connectivity index is 1.78. The number of anilines is 1. The van der Waals surface area contributed by atoms with Gasteiger partial charge in [0.15, 0.2) is 15.4 Å². The van der Waals surface area contributed by atoms with Gasteiger partial charge in [-0.1, -0.05) is 12.1 Å². The Hall–Kier alpha value is -3.11. The average molecular weight is 505 g/mol. The van der Waals surface area contributed by atoms with Crippen molar-refractivity contribution < 1.29 is 32.6 Å². The van der Waals surface area contributed by atoms with Gasteiger partial charge >= 0.3 is 5.97 Å². The predicted octanol–water partition coefficient (Wildman–Crippen LogP) is 2.55. The van der Waals surface area contributed by atoms with E-state index in [1.807, 2.05) is 26.0 Å². The minimum Gasteiger partial charge on any atom is -0.476 e. The summed E-state index contributed by atoms with van der Waals surface area (Å²) in [5.41, 5.74) is 1.74. The molecule has 1 heterocycles. The number of amides is 1. The summed E-state index contributed by atoms with van der Waals surface area (Å²) in [5, 5.41) is 10.9. The van der Waals surface area contributed by atoms with Crippen molar-refractivity contribution in [2.75, 3.05) is 24.3 Å². The Morgan fingerprint density at radius 3 is 2.23 bits per heavy atom. The number of benzene rings is 2. The highest BCUT2D eigenvalue weighted by Crippen LogP contribution is 2.31. The summed E-state index contributed by atoms with van der Waals surface area (Å²) in [7, 11) is -3.34. The molecule has 1 amide bonds. The molecule has 3 rings (SSSR count). The molecule has 2 aromatic carbocycles. The fraction of sp³-hybridized carbons (Fsp3) is 0.440. The van der Waals surface area contributed by atoms with Crippen molar-refractivity contribution >= 4 is 27.4 Å². The molecule has 190 valence electrons. The molecular weight excluding hydrogens is 472 g/mol. The molecular formula is C25H32N2O7S. The zero-order valence-corrected chi connectivity index (χ0v) is 21.7. The topological polar surface area (TPSA) is 113 Å². The largest absolute Gasteiger partial charge is 0.476 e. The van der Waals surface area contributed by atoms with Crippen LogP contribution < -0.4 is 9.64 Å². The second-order valence-corrected chi connectivity index (χ2v) is 11.2. The number of ether oxygens (including phenoxy) is 2. The van der Waals surface area contributed by atoms with Crippen LogP contribution in [0.15, 0.2) is 41.3 Å². The van der Waals surface area contributed by atoms with Gasteiger partial charge < -0.3 is 19.5 Å². The Morgan fingerprint density at radius 2 is 1.71 bits per heavy atom. The van der Waals surface area contributed by atoms with Crippen LogP contribution in [0, 0.1) is 13.8 Å².